The summed E-state index contributed by atoms with van der Waals surface area (Å²) in [6.45, 7) is 8.15. The lowest BCUT2D eigenvalue weighted by Crippen LogP contribution is -2.26. The number of aryl methyl sites for hydroxylation is 1. The Bertz CT molecular complexity index is 1120. The van der Waals surface area contributed by atoms with Crippen LogP contribution in [0.3, 0.4) is 0 Å². The van der Waals surface area contributed by atoms with Crippen LogP contribution in [0.15, 0.2) is 41.8 Å². The van der Waals surface area contributed by atoms with Gasteiger partial charge < -0.3 is 14.5 Å². The van der Waals surface area contributed by atoms with Crippen LogP contribution in [0.4, 0.5) is 0 Å². The number of nitrogens with one attached hydrogen (secondary N) is 2. The van der Waals surface area contributed by atoms with E-state index >= 15 is 0 Å². The molecule has 1 unspecified atom stereocenters. The van der Waals surface area contributed by atoms with E-state index in [2.05, 4.69) is 16.3 Å². The van der Waals surface area contributed by atoms with Gasteiger partial charge in [0.1, 0.15) is 0 Å². The maximum Gasteiger partial charge on any atom is 0.339 e. The second-order valence-corrected chi connectivity index (χ2v) is 8.46. The molecule has 0 spiro atoms. The lowest BCUT2D eigenvalue weighted by atomic mass is 10.1. The van der Waals surface area contributed by atoms with Crippen molar-refractivity contribution in [3.63, 3.8) is 0 Å². The van der Waals surface area contributed by atoms with Crippen LogP contribution in [0, 0.1) is 13.8 Å². The van der Waals surface area contributed by atoms with Gasteiger partial charge in [-0.05, 0) is 50.6 Å². The molecule has 9 nitrogen and oxygen atoms in total. The number of aromatic amines is 1. The van der Waals surface area contributed by atoms with E-state index in [-0.39, 0.29) is 28.3 Å². The number of carbonyl (C=O) groups is 3. The van der Waals surface area contributed by atoms with Crippen molar-refractivity contribution in [2.75, 3.05) is 13.7 Å². The van der Waals surface area contributed by atoms with Gasteiger partial charge in [0.2, 0.25) is 15.8 Å². The number of benzene rings is 1. The average molecular weight is 448 g/mol. The van der Waals surface area contributed by atoms with Crippen LogP contribution in [0.5, 0.6) is 0 Å². The van der Waals surface area contributed by atoms with E-state index in [9.17, 15) is 22.8 Å². The van der Waals surface area contributed by atoms with Crippen molar-refractivity contribution >= 4 is 27.7 Å². The largest absolute Gasteiger partial charge is 0.465 e. The Hall–Kier alpha value is -3.24. The highest BCUT2D eigenvalue weighted by atomic mass is 32.2. The number of hydrogen-bond donors (Lipinski definition) is 2. The minimum absolute atomic E-state index is 0.0251. The molecule has 10 heteroatoms. The van der Waals surface area contributed by atoms with Crippen LogP contribution >= 0.6 is 0 Å². The number of esters is 2. The zero-order valence-electron chi connectivity index (χ0n) is 17.6. The quantitative estimate of drug-likeness (QED) is 0.342. The minimum Gasteiger partial charge on any atom is -0.465 e. The predicted molar refractivity (Wildman–Crippen MR) is 113 cm³/mol. The van der Waals surface area contributed by atoms with E-state index < -0.39 is 33.8 Å². The summed E-state index contributed by atoms with van der Waals surface area (Å²) in [5.41, 5.74) is 1.35. The number of hydrogen-bond acceptors (Lipinski definition) is 7. The summed E-state index contributed by atoms with van der Waals surface area (Å²) in [4.78, 5) is 39.8. The Morgan fingerprint density at radius 2 is 1.77 bits per heavy atom. The van der Waals surface area contributed by atoms with Crippen LogP contribution in [-0.4, -0.2) is 50.9 Å². The summed E-state index contributed by atoms with van der Waals surface area (Å²) in [7, 11) is -2.48. The lowest BCUT2D eigenvalue weighted by Gasteiger charge is -2.12. The molecule has 1 heterocycles. The predicted octanol–water partition coefficient (Wildman–Crippen LogP) is 2.31. The fraction of sp³-hybridized carbons (Fsp3) is 0.286. The normalized spacial score (nSPS) is 12.1. The minimum atomic E-state index is -3.72. The van der Waals surface area contributed by atoms with Gasteiger partial charge >= 0.3 is 11.9 Å². The number of aromatic nitrogens is 1. The van der Waals surface area contributed by atoms with E-state index in [0.29, 0.717) is 11.3 Å². The number of ether oxygens (including phenoxy) is 2. The van der Waals surface area contributed by atoms with Gasteiger partial charge in [-0.15, -0.1) is 6.58 Å². The Morgan fingerprint density at radius 1 is 1.16 bits per heavy atom. The smallest absolute Gasteiger partial charge is 0.339 e. The third kappa shape index (κ3) is 5.28. The number of H-pyrrole nitrogens is 1. The van der Waals surface area contributed by atoms with Gasteiger partial charge in [0.25, 0.3) is 0 Å². The van der Waals surface area contributed by atoms with Gasteiger partial charge in [0, 0.05) is 12.2 Å². The van der Waals surface area contributed by atoms with Crippen LogP contribution in [0.1, 0.15) is 49.4 Å². The number of sulfonamides is 1. The lowest BCUT2D eigenvalue weighted by molar-refractivity contribution is 0.0316. The molecule has 0 fully saturated rings. The third-order valence-electron chi connectivity index (χ3n) is 4.54. The number of Topliss-reactive ketones (excluding diaryl/α,β-unsaturated/α-hetero) is 1. The maximum absolute atomic E-state index is 12.7. The third-order valence-corrected chi connectivity index (χ3v) is 5.98. The van der Waals surface area contributed by atoms with Crippen molar-refractivity contribution in [2.24, 2.45) is 0 Å². The van der Waals surface area contributed by atoms with Crippen molar-refractivity contribution in [1.29, 1.82) is 0 Å². The molecule has 0 radical (unpaired) electrons. The summed E-state index contributed by atoms with van der Waals surface area (Å²) >= 11 is 0. The Labute approximate surface area is 180 Å². The zero-order valence-corrected chi connectivity index (χ0v) is 18.5. The van der Waals surface area contributed by atoms with Crippen LogP contribution in [-0.2, 0) is 19.5 Å². The molecule has 1 aromatic carbocycles. The van der Waals surface area contributed by atoms with Gasteiger partial charge in [-0.2, -0.15) is 0 Å². The summed E-state index contributed by atoms with van der Waals surface area (Å²) in [6, 6.07) is 5.11. The average Bonchev–Trinajstić information content (AvgIpc) is 3.05. The van der Waals surface area contributed by atoms with Crippen molar-refractivity contribution in [3.05, 3.63) is 65.0 Å². The highest BCUT2D eigenvalue weighted by Gasteiger charge is 2.27. The molecule has 0 bridgehead atoms. The molecule has 2 rings (SSSR count). The number of methoxy groups -OCH3 is 1. The monoisotopic (exact) mass is 448 g/mol. The molecule has 31 heavy (non-hydrogen) atoms. The molecule has 1 atom stereocenters. The fourth-order valence-corrected chi connectivity index (χ4v) is 3.91. The molecule has 0 aliphatic heterocycles. The molecular weight excluding hydrogens is 424 g/mol. The highest BCUT2D eigenvalue weighted by Crippen LogP contribution is 2.21. The second-order valence-electron chi connectivity index (χ2n) is 6.69. The van der Waals surface area contributed by atoms with Crippen molar-refractivity contribution in [3.8, 4) is 0 Å². The second kappa shape index (κ2) is 9.71. The van der Waals surface area contributed by atoms with Gasteiger partial charge in [0.15, 0.2) is 6.10 Å². The topological polar surface area (TPSA) is 132 Å². The fourth-order valence-electron chi connectivity index (χ4n) is 2.91. The van der Waals surface area contributed by atoms with E-state index in [4.69, 9.17) is 9.47 Å². The SMILES string of the molecule is C=CCNS(=O)(=O)c1ccc(C(=O)OC(C)C(=O)c2[nH]c(C)c(C(=O)OC)c2C)cc1. The first-order chi connectivity index (χ1) is 14.5. The summed E-state index contributed by atoms with van der Waals surface area (Å²) in [6.07, 6.45) is 0.260. The Morgan fingerprint density at radius 3 is 2.32 bits per heavy atom. The molecule has 0 saturated heterocycles. The molecule has 0 aliphatic carbocycles. The Balaban J connectivity index is 2.15. The summed E-state index contributed by atoms with van der Waals surface area (Å²) in [5, 5.41) is 0. The van der Waals surface area contributed by atoms with Crippen LogP contribution < -0.4 is 4.72 Å². The maximum atomic E-state index is 12.7. The molecule has 2 aromatic rings. The Kier molecular flexibility index (Phi) is 7.53. The standard InChI is InChI=1S/C21H24N2O7S/c1-6-11-22-31(27,28)16-9-7-15(8-10-16)20(25)30-14(4)19(24)18-12(2)17(13(3)23-18)21(26)29-5/h6-10,14,22-23H,1,11H2,2-5H3. The highest BCUT2D eigenvalue weighted by molar-refractivity contribution is 7.89. The van der Waals surface area contributed by atoms with Gasteiger partial charge in [-0.25, -0.2) is 22.7 Å². The number of carbonyl (C=O) groups excluding carboxylic acids is 3. The van der Waals surface area contributed by atoms with Crippen molar-refractivity contribution in [2.45, 2.75) is 31.8 Å². The van der Waals surface area contributed by atoms with Crippen molar-refractivity contribution in [1.82, 2.24) is 9.71 Å². The molecular formula is C21H24N2O7S. The van der Waals surface area contributed by atoms with Gasteiger partial charge in [-0.3, -0.25) is 4.79 Å². The van der Waals surface area contributed by atoms with E-state index in [0.717, 1.165) is 0 Å². The van der Waals surface area contributed by atoms with E-state index in [1.165, 1.54) is 44.4 Å². The molecule has 0 amide bonds. The van der Waals surface area contributed by atoms with Crippen molar-refractivity contribution < 1.29 is 32.3 Å². The van der Waals surface area contributed by atoms with Gasteiger partial charge in [-0.1, -0.05) is 6.08 Å². The van der Waals surface area contributed by atoms with Crippen LogP contribution in [0.2, 0.25) is 0 Å². The first kappa shape index (κ1) is 24.0. The molecule has 2 N–H and O–H groups in total. The first-order valence-electron chi connectivity index (χ1n) is 9.26. The number of ketones is 1. The summed E-state index contributed by atoms with van der Waals surface area (Å²) < 4.78 is 36.4. The van der Waals surface area contributed by atoms with Crippen LogP contribution in [0.25, 0.3) is 0 Å². The van der Waals surface area contributed by atoms with Gasteiger partial charge in [0.05, 0.1) is 28.8 Å². The van der Waals surface area contributed by atoms with E-state index in [1.54, 1.807) is 13.8 Å². The molecule has 1 aromatic heterocycles. The first-order valence-corrected chi connectivity index (χ1v) is 10.7. The summed E-state index contributed by atoms with van der Waals surface area (Å²) in [5.74, 6) is -1.89. The van der Waals surface area contributed by atoms with E-state index in [1.807, 2.05) is 0 Å². The molecule has 0 aliphatic rings. The molecule has 0 saturated carbocycles. The number of rotatable bonds is 9. The molecule has 166 valence electrons. The zero-order chi connectivity index (χ0) is 23.3.